The third-order valence-electron chi connectivity index (χ3n) is 1.03. The lowest BCUT2D eigenvalue weighted by atomic mass is 10.7. The van der Waals surface area contributed by atoms with Crippen LogP contribution in [-0.4, -0.2) is 32.0 Å². The molecule has 7 heteroatoms. The van der Waals surface area contributed by atoms with E-state index in [4.69, 9.17) is 0 Å². The van der Waals surface area contributed by atoms with Crippen LogP contribution in [0.3, 0.4) is 0 Å². The van der Waals surface area contributed by atoms with Crippen LogP contribution < -0.4 is 5.14 Å². The summed E-state index contributed by atoms with van der Waals surface area (Å²) in [6, 6.07) is 0. The standard InChI is InChI=1S/C3H6N2O4S/c4-10(7,8)5-1-2-9-3(5)6/h1-2H2,(H2,4,7,8). The predicted octanol–water partition coefficient (Wildman–Crippen LogP) is -1.36. The highest BCUT2D eigenvalue weighted by Crippen LogP contribution is 2.05. The highest BCUT2D eigenvalue weighted by Gasteiger charge is 2.30. The first kappa shape index (κ1) is 7.29. The normalized spacial score (nSPS) is 19.3. The molecule has 1 amide bonds. The molecule has 1 fully saturated rings. The Morgan fingerprint density at radius 2 is 2.20 bits per heavy atom. The van der Waals surface area contributed by atoms with E-state index >= 15 is 0 Å². The molecule has 58 valence electrons. The third kappa shape index (κ3) is 1.19. The molecule has 0 radical (unpaired) electrons. The molecule has 1 rings (SSSR count). The Morgan fingerprint density at radius 1 is 1.60 bits per heavy atom. The minimum absolute atomic E-state index is 0.0116. The Balaban J connectivity index is 2.84. The number of amides is 1. The maximum absolute atomic E-state index is 10.5. The molecule has 1 heterocycles. The summed E-state index contributed by atoms with van der Waals surface area (Å²) in [6.45, 7) is 0.0902. The average molecular weight is 166 g/mol. The van der Waals surface area contributed by atoms with Crippen LogP contribution in [-0.2, 0) is 14.9 Å². The Kier molecular flexibility index (Phi) is 1.53. The van der Waals surface area contributed by atoms with Gasteiger partial charge in [0, 0.05) is 0 Å². The van der Waals surface area contributed by atoms with Crippen molar-refractivity contribution in [3.8, 4) is 0 Å². The van der Waals surface area contributed by atoms with Gasteiger partial charge in [0.25, 0.3) is 0 Å². The topological polar surface area (TPSA) is 89.7 Å². The smallest absolute Gasteiger partial charge is 0.424 e. The third-order valence-corrected chi connectivity index (χ3v) is 1.98. The minimum Gasteiger partial charge on any atom is -0.447 e. The van der Waals surface area contributed by atoms with Gasteiger partial charge in [-0.3, -0.25) is 0 Å². The summed E-state index contributed by atoms with van der Waals surface area (Å²) < 4.78 is 25.7. The maximum atomic E-state index is 10.5. The van der Waals surface area contributed by atoms with Gasteiger partial charge in [-0.15, -0.1) is 0 Å². The Labute approximate surface area is 57.7 Å². The van der Waals surface area contributed by atoms with E-state index in [2.05, 4.69) is 9.88 Å². The SMILES string of the molecule is NS(=O)(=O)N1CCOC1=O. The predicted molar refractivity (Wildman–Crippen MR) is 31.2 cm³/mol. The number of carbonyl (C=O) groups is 1. The molecule has 0 aromatic rings. The van der Waals surface area contributed by atoms with E-state index in [1.54, 1.807) is 0 Å². The molecule has 10 heavy (non-hydrogen) atoms. The first-order valence-electron chi connectivity index (χ1n) is 2.49. The van der Waals surface area contributed by atoms with Crippen molar-refractivity contribution < 1.29 is 17.9 Å². The molecule has 1 aliphatic heterocycles. The average Bonchev–Trinajstić information content (AvgIpc) is 2.11. The molecule has 0 aliphatic carbocycles. The molecule has 0 atom stereocenters. The Bertz CT molecular complexity index is 245. The molecule has 6 nitrogen and oxygen atoms in total. The van der Waals surface area contributed by atoms with E-state index in [9.17, 15) is 13.2 Å². The largest absolute Gasteiger partial charge is 0.447 e. The van der Waals surface area contributed by atoms with E-state index in [-0.39, 0.29) is 13.2 Å². The van der Waals surface area contributed by atoms with Crippen molar-refractivity contribution in [1.82, 2.24) is 4.31 Å². The molecule has 0 aromatic heterocycles. The van der Waals surface area contributed by atoms with Crippen LogP contribution in [0.5, 0.6) is 0 Å². The van der Waals surface area contributed by atoms with Crippen molar-refractivity contribution in [3.05, 3.63) is 0 Å². The van der Waals surface area contributed by atoms with E-state index in [0.717, 1.165) is 0 Å². The van der Waals surface area contributed by atoms with Gasteiger partial charge in [0.05, 0.1) is 6.54 Å². The van der Waals surface area contributed by atoms with Gasteiger partial charge in [-0.25, -0.2) is 9.93 Å². The van der Waals surface area contributed by atoms with Crippen LogP contribution in [0, 0.1) is 0 Å². The fourth-order valence-electron chi connectivity index (χ4n) is 0.610. The highest BCUT2D eigenvalue weighted by molar-refractivity contribution is 7.87. The van der Waals surface area contributed by atoms with E-state index < -0.39 is 16.3 Å². The number of rotatable bonds is 1. The van der Waals surface area contributed by atoms with Gasteiger partial charge < -0.3 is 4.74 Å². The number of nitrogens with two attached hydrogens (primary N) is 1. The number of ether oxygens (including phenoxy) is 1. The zero-order valence-corrected chi connectivity index (χ0v) is 5.80. The van der Waals surface area contributed by atoms with Gasteiger partial charge in [0.1, 0.15) is 6.61 Å². The molecule has 2 N–H and O–H groups in total. The zero-order chi connectivity index (χ0) is 7.78. The number of cyclic esters (lactones) is 1. The molecule has 1 saturated heterocycles. The van der Waals surface area contributed by atoms with Crippen molar-refractivity contribution in [1.29, 1.82) is 0 Å². The lowest BCUT2D eigenvalue weighted by Gasteiger charge is -2.06. The van der Waals surface area contributed by atoms with Gasteiger partial charge in [-0.2, -0.15) is 12.7 Å². The molecule has 0 spiro atoms. The summed E-state index contributed by atoms with van der Waals surface area (Å²) in [7, 11) is -3.89. The van der Waals surface area contributed by atoms with E-state index in [1.165, 1.54) is 0 Å². The zero-order valence-electron chi connectivity index (χ0n) is 4.98. The summed E-state index contributed by atoms with van der Waals surface area (Å²) in [5, 5.41) is 4.63. The van der Waals surface area contributed by atoms with E-state index in [0.29, 0.717) is 4.31 Å². The molecule has 0 saturated carbocycles. The van der Waals surface area contributed by atoms with Crippen LogP contribution in [0.4, 0.5) is 4.79 Å². The molecule has 1 aliphatic rings. The molecular formula is C3H6N2O4S. The van der Waals surface area contributed by atoms with Crippen molar-refractivity contribution >= 4 is 16.3 Å². The second-order valence-corrected chi connectivity index (χ2v) is 3.20. The molecular weight excluding hydrogens is 160 g/mol. The summed E-state index contributed by atoms with van der Waals surface area (Å²) in [5.41, 5.74) is 0. The monoisotopic (exact) mass is 166 g/mol. The van der Waals surface area contributed by atoms with Crippen molar-refractivity contribution in [3.63, 3.8) is 0 Å². The Morgan fingerprint density at radius 3 is 2.40 bits per heavy atom. The first-order chi connectivity index (χ1) is 4.52. The number of hydrogen-bond acceptors (Lipinski definition) is 4. The van der Waals surface area contributed by atoms with Crippen LogP contribution in [0.1, 0.15) is 0 Å². The highest BCUT2D eigenvalue weighted by atomic mass is 32.2. The lowest BCUT2D eigenvalue weighted by molar-refractivity contribution is 0.170. The van der Waals surface area contributed by atoms with Gasteiger partial charge in [-0.05, 0) is 0 Å². The van der Waals surface area contributed by atoms with Crippen molar-refractivity contribution in [2.75, 3.05) is 13.2 Å². The number of nitrogens with zero attached hydrogens (tertiary/aromatic N) is 1. The van der Waals surface area contributed by atoms with Gasteiger partial charge in [0.15, 0.2) is 0 Å². The second kappa shape index (κ2) is 2.10. The van der Waals surface area contributed by atoms with Crippen LogP contribution >= 0.6 is 0 Å². The lowest BCUT2D eigenvalue weighted by Crippen LogP contribution is -2.37. The second-order valence-electron chi connectivity index (χ2n) is 1.73. The number of hydrogen-bond donors (Lipinski definition) is 1. The summed E-state index contributed by atoms with van der Waals surface area (Å²) in [6.07, 6.45) is -0.900. The first-order valence-corrected chi connectivity index (χ1v) is 3.99. The minimum atomic E-state index is -3.89. The van der Waals surface area contributed by atoms with Crippen molar-refractivity contribution in [2.24, 2.45) is 5.14 Å². The van der Waals surface area contributed by atoms with Crippen molar-refractivity contribution in [2.45, 2.75) is 0 Å². The Hall–Kier alpha value is -0.820. The summed E-state index contributed by atoms with van der Waals surface area (Å²) in [5.74, 6) is 0. The molecule has 0 unspecified atom stereocenters. The van der Waals surface area contributed by atoms with Crippen LogP contribution in [0.15, 0.2) is 0 Å². The molecule has 0 bridgehead atoms. The van der Waals surface area contributed by atoms with Crippen LogP contribution in [0.2, 0.25) is 0 Å². The van der Waals surface area contributed by atoms with Gasteiger partial charge in [-0.1, -0.05) is 0 Å². The van der Waals surface area contributed by atoms with Crippen LogP contribution in [0.25, 0.3) is 0 Å². The van der Waals surface area contributed by atoms with E-state index in [1.807, 2.05) is 0 Å². The summed E-state index contributed by atoms with van der Waals surface area (Å²) >= 11 is 0. The fraction of sp³-hybridized carbons (Fsp3) is 0.667. The maximum Gasteiger partial charge on any atom is 0.424 e. The molecule has 0 aromatic carbocycles. The number of carbonyl (C=O) groups excluding carboxylic acids is 1. The van der Waals surface area contributed by atoms with Gasteiger partial charge in [0.2, 0.25) is 0 Å². The quantitative estimate of drug-likeness (QED) is 0.521. The summed E-state index contributed by atoms with van der Waals surface area (Å²) in [4.78, 5) is 10.5. The fourth-order valence-corrected chi connectivity index (χ4v) is 1.20. The van der Waals surface area contributed by atoms with Gasteiger partial charge >= 0.3 is 16.3 Å².